The molecule has 2 aromatic heterocycles. The Kier molecular flexibility index (Phi) is 7.42. The van der Waals surface area contributed by atoms with Gasteiger partial charge in [0, 0.05) is 57.5 Å². The number of nitrogens with zero attached hydrogens (tertiary/aromatic N) is 3. The largest absolute Gasteiger partial charge is 0.383 e. The lowest BCUT2D eigenvalue weighted by atomic mass is 10.2. The Morgan fingerprint density at radius 1 is 1.06 bits per heavy atom. The number of hydrogen-bond acceptors (Lipinski definition) is 6. The number of anilines is 2. The number of H-pyrrole nitrogens is 1. The number of nitrogens with one attached hydrogen (secondary N) is 4. The van der Waals surface area contributed by atoms with Gasteiger partial charge in [0.1, 0.15) is 11.5 Å². The number of para-hydroxylation sites is 1. The first-order valence-corrected chi connectivity index (χ1v) is 12.6. The molecule has 0 radical (unpaired) electrons. The summed E-state index contributed by atoms with van der Waals surface area (Å²) in [6.45, 7) is 5.49. The highest BCUT2D eigenvalue weighted by Crippen LogP contribution is 2.27. The first-order chi connectivity index (χ1) is 17.7. The Balaban J connectivity index is 0.00000320. The van der Waals surface area contributed by atoms with Crippen molar-refractivity contribution in [1.82, 2.24) is 25.2 Å². The van der Waals surface area contributed by atoms with Crippen molar-refractivity contribution in [2.75, 3.05) is 36.8 Å². The number of hydrogen-bond donors (Lipinski definition) is 4. The summed E-state index contributed by atoms with van der Waals surface area (Å²) < 4.78 is 0. The van der Waals surface area contributed by atoms with Gasteiger partial charge in [0.2, 0.25) is 5.91 Å². The molecule has 1 amide bonds. The maximum absolute atomic E-state index is 11.2. The van der Waals surface area contributed by atoms with Gasteiger partial charge in [0.25, 0.3) is 0 Å². The predicted octanol–water partition coefficient (Wildman–Crippen LogP) is 4.50. The van der Waals surface area contributed by atoms with Gasteiger partial charge in [0.15, 0.2) is 5.82 Å². The van der Waals surface area contributed by atoms with Gasteiger partial charge in [0.05, 0.1) is 5.39 Å². The van der Waals surface area contributed by atoms with Crippen molar-refractivity contribution >= 4 is 28.4 Å². The quantitative estimate of drug-likeness (QED) is 0.247. The summed E-state index contributed by atoms with van der Waals surface area (Å²) >= 11 is 0. The van der Waals surface area contributed by atoms with Gasteiger partial charge in [-0.15, -0.1) is 0 Å². The molecule has 8 nitrogen and oxygen atoms in total. The molecule has 4 N–H and O–H groups in total. The van der Waals surface area contributed by atoms with E-state index in [1.54, 1.807) is 0 Å². The maximum atomic E-state index is 11.2. The van der Waals surface area contributed by atoms with E-state index in [1.807, 2.05) is 36.4 Å². The van der Waals surface area contributed by atoms with E-state index in [0.717, 1.165) is 53.4 Å². The van der Waals surface area contributed by atoms with Crippen LogP contribution in [0.5, 0.6) is 0 Å². The Morgan fingerprint density at radius 2 is 1.83 bits per heavy atom. The monoisotopic (exact) mass is 485 g/mol. The third-order valence-corrected chi connectivity index (χ3v) is 6.55. The summed E-state index contributed by atoms with van der Waals surface area (Å²) in [5.41, 5.74) is 4.07. The van der Waals surface area contributed by atoms with Gasteiger partial charge in [-0.3, -0.25) is 9.69 Å². The molecule has 0 spiro atoms. The highest BCUT2D eigenvalue weighted by molar-refractivity contribution is 5.89. The third-order valence-electron chi connectivity index (χ3n) is 6.55. The second-order valence-corrected chi connectivity index (χ2v) is 9.24. The fourth-order valence-electron chi connectivity index (χ4n) is 4.76. The molecule has 2 aromatic carbocycles. The molecule has 0 unspecified atom stereocenters. The molecule has 1 aliphatic rings. The Bertz CT molecular complexity index is 1300. The van der Waals surface area contributed by atoms with Crippen LogP contribution in [-0.4, -0.2) is 58.0 Å². The minimum absolute atomic E-state index is 0. The summed E-state index contributed by atoms with van der Waals surface area (Å²) in [4.78, 5) is 27.0. The van der Waals surface area contributed by atoms with E-state index in [4.69, 9.17) is 9.97 Å². The van der Waals surface area contributed by atoms with Crippen molar-refractivity contribution in [3.05, 3.63) is 72.4 Å². The van der Waals surface area contributed by atoms with Crippen LogP contribution in [0.3, 0.4) is 0 Å². The predicted molar refractivity (Wildman–Crippen MR) is 147 cm³/mol. The number of carbonyl (C=O) groups excluding carboxylic acids is 1. The summed E-state index contributed by atoms with van der Waals surface area (Å²) in [6, 6.07) is 23.0. The first-order valence-electron chi connectivity index (χ1n) is 12.6. The SMILES string of the molecule is CC(=O)NCCNc1nc(-c2ccccc2)nc2[nH]c(CN3CCC[C@H]3CNc3ccccc3)cc12.[HH]. The Morgan fingerprint density at radius 3 is 2.61 bits per heavy atom. The van der Waals surface area contributed by atoms with E-state index in [9.17, 15) is 4.79 Å². The molecule has 0 bridgehead atoms. The highest BCUT2D eigenvalue weighted by atomic mass is 16.1. The minimum atomic E-state index is -0.0412. The molecule has 3 heterocycles. The number of rotatable bonds is 10. The standard InChI is InChI=1S/C28H33N7O.H2/c1-20(36)29-14-15-30-27-25-17-23(32-28(25)34-26(33-27)21-9-4-2-5-10-21)19-35-16-8-13-24(35)18-31-22-11-6-3-7-12-22;/h2-7,9-12,17,24,31H,8,13-16,18-19H2,1H3,(H,29,36)(H2,30,32,33,34);1H/t24-;/m0./s1. The zero-order chi connectivity index (χ0) is 24.7. The van der Waals surface area contributed by atoms with Crippen LogP contribution in [0.4, 0.5) is 11.5 Å². The van der Waals surface area contributed by atoms with Gasteiger partial charge < -0.3 is 20.9 Å². The molecule has 1 aliphatic heterocycles. The highest BCUT2D eigenvalue weighted by Gasteiger charge is 2.25. The van der Waals surface area contributed by atoms with Crippen LogP contribution in [-0.2, 0) is 11.3 Å². The average molecular weight is 486 g/mol. The molecule has 0 saturated carbocycles. The second-order valence-electron chi connectivity index (χ2n) is 9.24. The summed E-state index contributed by atoms with van der Waals surface area (Å²) in [5, 5.41) is 10.8. The molecule has 0 aliphatic carbocycles. The normalized spacial score (nSPS) is 15.8. The number of carbonyl (C=O) groups is 1. The second kappa shape index (κ2) is 11.2. The zero-order valence-electron chi connectivity index (χ0n) is 20.6. The molecular weight excluding hydrogens is 450 g/mol. The number of amides is 1. The summed E-state index contributed by atoms with van der Waals surface area (Å²) in [7, 11) is 0. The van der Waals surface area contributed by atoms with Crippen molar-refractivity contribution < 1.29 is 6.22 Å². The van der Waals surface area contributed by atoms with Gasteiger partial charge in [-0.05, 0) is 37.6 Å². The van der Waals surface area contributed by atoms with Crippen molar-refractivity contribution in [3.8, 4) is 11.4 Å². The molecular formula is C28H35N7O. The maximum Gasteiger partial charge on any atom is 0.216 e. The molecule has 36 heavy (non-hydrogen) atoms. The lowest BCUT2D eigenvalue weighted by molar-refractivity contribution is -0.118. The zero-order valence-corrected chi connectivity index (χ0v) is 20.6. The van der Waals surface area contributed by atoms with E-state index >= 15 is 0 Å². The van der Waals surface area contributed by atoms with Crippen LogP contribution in [0.25, 0.3) is 22.4 Å². The molecule has 1 fully saturated rings. The first kappa shape index (κ1) is 23.8. The lowest BCUT2D eigenvalue weighted by Gasteiger charge is -2.24. The number of fused-ring (bicyclic) bond motifs is 1. The third kappa shape index (κ3) is 5.83. The van der Waals surface area contributed by atoms with E-state index in [-0.39, 0.29) is 7.33 Å². The van der Waals surface area contributed by atoms with Crippen LogP contribution in [0.2, 0.25) is 0 Å². The van der Waals surface area contributed by atoms with Gasteiger partial charge >= 0.3 is 0 Å². The molecule has 4 aromatic rings. The van der Waals surface area contributed by atoms with Crippen LogP contribution in [0.1, 0.15) is 26.9 Å². The molecule has 188 valence electrons. The average Bonchev–Trinajstić information content (AvgIpc) is 3.52. The fourth-order valence-corrected chi connectivity index (χ4v) is 4.76. The summed E-state index contributed by atoms with van der Waals surface area (Å²) in [6.07, 6.45) is 2.39. The summed E-state index contributed by atoms with van der Waals surface area (Å²) in [5.74, 6) is 1.40. The Hall–Kier alpha value is -3.91. The fraction of sp³-hybridized carbons (Fsp3) is 0.321. The van der Waals surface area contributed by atoms with Crippen LogP contribution in [0.15, 0.2) is 66.7 Å². The Labute approximate surface area is 213 Å². The van der Waals surface area contributed by atoms with Gasteiger partial charge in [-0.25, -0.2) is 9.97 Å². The molecule has 1 atom stereocenters. The number of aromatic amines is 1. The van der Waals surface area contributed by atoms with Crippen LogP contribution in [0, 0.1) is 0 Å². The smallest absolute Gasteiger partial charge is 0.216 e. The van der Waals surface area contributed by atoms with Crippen molar-refractivity contribution in [2.24, 2.45) is 0 Å². The lowest BCUT2D eigenvalue weighted by Crippen LogP contribution is -2.34. The van der Waals surface area contributed by atoms with E-state index in [0.29, 0.717) is 25.0 Å². The van der Waals surface area contributed by atoms with Gasteiger partial charge in [-0.1, -0.05) is 48.5 Å². The van der Waals surface area contributed by atoms with E-state index in [1.165, 1.54) is 19.8 Å². The van der Waals surface area contributed by atoms with E-state index < -0.39 is 0 Å². The number of benzene rings is 2. The van der Waals surface area contributed by atoms with Gasteiger partial charge in [-0.2, -0.15) is 0 Å². The van der Waals surface area contributed by atoms with Crippen molar-refractivity contribution in [1.29, 1.82) is 0 Å². The molecule has 1 saturated heterocycles. The van der Waals surface area contributed by atoms with Crippen LogP contribution >= 0.6 is 0 Å². The number of likely N-dealkylation sites (tertiary alicyclic amines) is 1. The molecule has 5 rings (SSSR count). The minimum Gasteiger partial charge on any atom is -0.383 e. The van der Waals surface area contributed by atoms with Crippen LogP contribution < -0.4 is 16.0 Å². The number of aromatic nitrogens is 3. The van der Waals surface area contributed by atoms with Crippen molar-refractivity contribution in [3.63, 3.8) is 0 Å². The van der Waals surface area contributed by atoms with Crippen molar-refractivity contribution in [2.45, 2.75) is 32.4 Å². The molecule has 8 heteroatoms. The van der Waals surface area contributed by atoms with E-state index in [2.05, 4.69) is 56.2 Å². The topological polar surface area (TPSA) is 98.0 Å².